The van der Waals surface area contributed by atoms with Gasteiger partial charge < -0.3 is 26.1 Å². The van der Waals surface area contributed by atoms with Crippen molar-refractivity contribution in [2.24, 2.45) is 5.73 Å². The maximum absolute atomic E-state index is 12.4. The van der Waals surface area contributed by atoms with Crippen LogP contribution in [0, 0.1) is 0 Å². The van der Waals surface area contributed by atoms with Gasteiger partial charge in [0.1, 0.15) is 0 Å². The van der Waals surface area contributed by atoms with E-state index >= 15 is 0 Å². The molecule has 4 amide bonds. The molecule has 136 valence electrons. The number of anilines is 3. The monoisotopic (exact) mass is 364 g/mol. The molecule has 3 rings (SSSR count). The van der Waals surface area contributed by atoms with Gasteiger partial charge in [0.15, 0.2) is 5.76 Å². The van der Waals surface area contributed by atoms with E-state index in [0.29, 0.717) is 22.6 Å². The molecular weight excluding hydrogens is 348 g/mol. The van der Waals surface area contributed by atoms with Crippen molar-refractivity contribution in [3.63, 3.8) is 0 Å². The number of carbonyl (C=O) groups excluding carboxylic acids is 3. The number of nitrogens with one attached hydrogen (secondary N) is 3. The molecule has 0 spiro atoms. The summed E-state index contributed by atoms with van der Waals surface area (Å²) in [5.74, 6) is -0.588. The highest BCUT2D eigenvalue weighted by Gasteiger charge is 2.11. The summed E-state index contributed by atoms with van der Waals surface area (Å²) < 4.78 is 5.04. The number of amides is 4. The van der Waals surface area contributed by atoms with Crippen LogP contribution in [0.5, 0.6) is 0 Å². The van der Waals surface area contributed by atoms with Crippen molar-refractivity contribution in [3.8, 4) is 0 Å². The van der Waals surface area contributed by atoms with Crippen LogP contribution in [0.3, 0.4) is 0 Å². The summed E-state index contributed by atoms with van der Waals surface area (Å²) in [6, 6.07) is 15.5. The van der Waals surface area contributed by atoms with E-state index in [0.717, 1.165) is 0 Å². The standard InChI is InChI=1S/C19H16N4O4/c20-19(26)23-13-5-1-4-12(10-13)17(24)21-14-6-2-7-15(11-14)22-18(25)16-8-3-9-27-16/h1-11H,(H,21,24)(H,22,25)(H3,20,23,26). The Kier molecular flexibility index (Phi) is 5.17. The highest BCUT2D eigenvalue weighted by molar-refractivity contribution is 6.06. The van der Waals surface area contributed by atoms with Crippen molar-refractivity contribution < 1.29 is 18.8 Å². The van der Waals surface area contributed by atoms with Gasteiger partial charge in [0.25, 0.3) is 11.8 Å². The van der Waals surface area contributed by atoms with Crippen LogP contribution in [0.25, 0.3) is 0 Å². The zero-order valence-electron chi connectivity index (χ0n) is 14.1. The topological polar surface area (TPSA) is 126 Å². The smallest absolute Gasteiger partial charge is 0.316 e. The van der Waals surface area contributed by atoms with Crippen LogP contribution >= 0.6 is 0 Å². The molecule has 0 atom stereocenters. The summed E-state index contributed by atoms with van der Waals surface area (Å²) in [4.78, 5) is 35.4. The number of hydrogen-bond donors (Lipinski definition) is 4. The predicted molar refractivity (Wildman–Crippen MR) is 101 cm³/mol. The molecular formula is C19H16N4O4. The zero-order valence-corrected chi connectivity index (χ0v) is 14.1. The summed E-state index contributed by atoms with van der Waals surface area (Å²) in [5, 5.41) is 7.82. The van der Waals surface area contributed by atoms with Gasteiger partial charge in [-0.1, -0.05) is 12.1 Å². The molecule has 0 fully saturated rings. The summed E-state index contributed by atoms with van der Waals surface area (Å²) in [6.45, 7) is 0. The normalized spacial score (nSPS) is 10.1. The Morgan fingerprint density at radius 1 is 0.741 bits per heavy atom. The predicted octanol–water partition coefficient (Wildman–Crippen LogP) is 3.27. The van der Waals surface area contributed by atoms with E-state index in [-0.39, 0.29) is 11.7 Å². The van der Waals surface area contributed by atoms with Gasteiger partial charge in [0.05, 0.1) is 6.26 Å². The molecule has 5 N–H and O–H groups in total. The van der Waals surface area contributed by atoms with Crippen molar-refractivity contribution in [3.05, 3.63) is 78.3 Å². The molecule has 27 heavy (non-hydrogen) atoms. The largest absolute Gasteiger partial charge is 0.459 e. The number of hydrogen-bond acceptors (Lipinski definition) is 4. The zero-order chi connectivity index (χ0) is 19.2. The number of urea groups is 1. The Bertz CT molecular complexity index is 983. The van der Waals surface area contributed by atoms with Crippen molar-refractivity contribution >= 4 is 34.9 Å². The summed E-state index contributed by atoms with van der Waals surface area (Å²) >= 11 is 0. The second-order valence-corrected chi connectivity index (χ2v) is 5.54. The number of furan rings is 1. The average molecular weight is 364 g/mol. The molecule has 0 aliphatic rings. The van der Waals surface area contributed by atoms with Crippen molar-refractivity contribution in [2.45, 2.75) is 0 Å². The van der Waals surface area contributed by atoms with Gasteiger partial charge in [-0.05, 0) is 48.5 Å². The highest BCUT2D eigenvalue weighted by atomic mass is 16.3. The fraction of sp³-hybridized carbons (Fsp3) is 0. The Morgan fingerprint density at radius 3 is 2.00 bits per heavy atom. The molecule has 8 nitrogen and oxygen atoms in total. The molecule has 0 unspecified atom stereocenters. The van der Waals surface area contributed by atoms with E-state index in [1.165, 1.54) is 12.3 Å². The Balaban J connectivity index is 1.69. The molecule has 3 aromatic rings. The van der Waals surface area contributed by atoms with Crippen LogP contribution in [0.2, 0.25) is 0 Å². The van der Waals surface area contributed by atoms with Gasteiger partial charge in [-0.3, -0.25) is 9.59 Å². The van der Waals surface area contributed by atoms with Gasteiger partial charge in [-0.2, -0.15) is 0 Å². The molecule has 0 bridgehead atoms. The Hall–Kier alpha value is -4.07. The summed E-state index contributed by atoms with van der Waals surface area (Å²) in [5.41, 5.74) is 6.81. The van der Waals surface area contributed by atoms with Crippen LogP contribution < -0.4 is 21.7 Å². The molecule has 0 saturated carbocycles. The number of carbonyl (C=O) groups is 3. The van der Waals surface area contributed by atoms with Gasteiger partial charge in [-0.15, -0.1) is 0 Å². The second-order valence-electron chi connectivity index (χ2n) is 5.54. The highest BCUT2D eigenvalue weighted by Crippen LogP contribution is 2.18. The Labute approximate surface area is 154 Å². The van der Waals surface area contributed by atoms with E-state index in [1.807, 2.05) is 0 Å². The van der Waals surface area contributed by atoms with Crippen molar-refractivity contribution in [2.75, 3.05) is 16.0 Å². The minimum absolute atomic E-state index is 0.184. The van der Waals surface area contributed by atoms with Crippen LogP contribution in [0.4, 0.5) is 21.9 Å². The van der Waals surface area contributed by atoms with Gasteiger partial charge in [0.2, 0.25) is 0 Å². The summed E-state index contributed by atoms with van der Waals surface area (Å²) in [6.07, 6.45) is 1.41. The van der Waals surface area contributed by atoms with E-state index < -0.39 is 11.9 Å². The second kappa shape index (κ2) is 7.87. The molecule has 0 radical (unpaired) electrons. The van der Waals surface area contributed by atoms with Gasteiger partial charge in [-0.25, -0.2) is 4.79 Å². The quantitative estimate of drug-likeness (QED) is 0.554. The number of nitrogens with two attached hydrogens (primary N) is 1. The Morgan fingerprint density at radius 2 is 1.37 bits per heavy atom. The molecule has 1 heterocycles. The van der Waals surface area contributed by atoms with E-state index in [2.05, 4.69) is 16.0 Å². The van der Waals surface area contributed by atoms with Crippen LogP contribution in [-0.2, 0) is 0 Å². The van der Waals surface area contributed by atoms with Gasteiger partial charge >= 0.3 is 6.03 Å². The third-order valence-corrected chi connectivity index (χ3v) is 3.52. The molecule has 2 aromatic carbocycles. The lowest BCUT2D eigenvalue weighted by atomic mass is 10.1. The van der Waals surface area contributed by atoms with E-state index in [9.17, 15) is 14.4 Å². The lowest BCUT2D eigenvalue weighted by Gasteiger charge is -2.09. The number of benzene rings is 2. The maximum Gasteiger partial charge on any atom is 0.316 e. The van der Waals surface area contributed by atoms with E-state index in [1.54, 1.807) is 54.6 Å². The van der Waals surface area contributed by atoms with Crippen LogP contribution in [0.15, 0.2) is 71.3 Å². The molecule has 0 saturated heterocycles. The molecule has 0 aliphatic carbocycles. The first kappa shape index (κ1) is 17.7. The first-order valence-corrected chi connectivity index (χ1v) is 7.94. The summed E-state index contributed by atoms with van der Waals surface area (Å²) in [7, 11) is 0. The molecule has 1 aromatic heterocycles. The van der Waals surface area contributed by atoms with Crippen LogP contribution in [0.1, 0.15) is 20.9 Å². The lowest BCUT2D eigenvalue weighted by molar-refractivity contribution is 0.0995. The van der Waals surface area contributed by atoms with E-state index in [4.69, 9.17) is 10.2 Å². The maximum atomic E-state index is 12.4. The SMILES string of the molecule is NC(=O)Nc1cccc(C(=O)Nc2cccc(NC(=O)c3ccco3)c2)c1. The number of primary amides is 1. The fourth-order valence-electron chi connectivity index (χ4n) is 2.36. The third-order valence-electron chi connectivity index (χ3n) is 3.52. The fourth-order valence-corrected chi connectivity index (χ4v) is 2.36. The third kappa shape index (κ3) is 4.73. The molecule has 8 heteroatoms. The first-order valence-electron chi connectivity index (χ1n) is 7.94. The number of rotatable bonds is 5. The van der Waals surface area contributed by atoms with Gasteiger partial charge in [0, 0.05) is 22.6 Å². The first-order chi connectivity index (χ1) is 13.0. The molecule has 0 aliphatic heterocycles. The lowest BCUT2D eigenvalue weighted by Crippen LogP contribution is -2.20. The minimum atomic E-state index is -0.715. The van der Waals surface area contributed by atoms with Crippen LogP contribution in [-0.4, -0.2) is 17.8 Å². The minimum Gasteiger partial charge on any atom is -0.459 e. The average Bonchev–Trinajstić information content (AvgIpc) is 3.16. The van der Waals surface area contributed by atoms with Crippen molar-refractivity contribution in [1.82, 2.24) is 0 Å². The van der Waals surface area contributed by atoms with Crippen molar-refractivity contribution in [1.29, 1.82) is 0 Å².